The highest BCUT2D eigenvalue weighted by Gasteiger charge is 2.42. The van der Waals surface area contributed by atoms with Crippen molar-refractivity contribution in [1.29, 1.82) is 0 Å². The molecule has 26 heavy (non-hydrogen) atoms. The van der Waals surface area contributed by atoms with Gasteiger partial charge in [-0.3, -0.25) is 4.79 Å². The summed E-state index contributed by atoms with van der Waals surface area (Å²) in [5.41, 5.74) is 1.85. The number of benzene rings is 2. The first kappa shape index (κ1) is 16.9. The van der Waals surface area contributed by atoms with E-state index < -0.39 is 24.6 Å². The number of hydrogen-bond acceptors (Lipinski definition) is 6. The molecular weight excluding hydrogens is 336 g/mol. The van der Waals surface area contributed by atoms with Crippen molar-refractivity contribution >= 4 is 11.0 Å². The maximum atomic E-state index is 13.1. The van der Waals surface area contributed by atoms with Crippen LogP contribution in [0.1, 0.15) is 0 Å². The molecule has 4 atom stereocenters. The summed E-state index contributed by atoms with van der Waals surface area (Å²) in [6, 6.07) is 16.3. The van der Waals surface area contributed by atoms with Crippen LogP contribution in [0.4, 0.5) is 0 Å². The first-order chi connectivity index (χ1) is 12.6. The van der Waals surface area contributed by atoms with Crippen molar-refractivity contribution < 1.29 is 20.1 Å². The van der Waals surface area contributed by atoms with Crippen LogP contribution in [0.5, 0.6) is 0 Å². The summed E-state index contributed by atoms with van der Waals surface area (Å²) in [5, 5.41) is 29.4. The molecular formula is C19H18N2O5. The number of hydrogen-bond donors (Lipinski definition) is 3. The molecule has 1 fully saturated rings. The predicted molar refractivity (Wildman–Crippen MR) is 94.3 cm³/mol. The molecule has 2 aromatic carbocycles. The van der Waals surface area contributed by atoms with Gasteiger partial charge in [-0.15, -0.1) is 0 Å². The number of fused-ring (bicyclic) bond motifs is 1. The lowest BCUT2D eigenvalue weighted by molar-refractivity contribution is -0.128. The quantitative estimate of drug-likeness (QED) is 0.633. The molecule has 3 aromatic rings. The van der Waals surface area contributed by atoms with Gasteiger partial charge in [-0.1, -0.05) is 42.5 Å². The van der Waals surface area contributed by atoms with Crippen LogP contribution in [0.15, 0.2) is 59.4 Å². The third-order valence-corrected chi connectivity index (χ3v) is 4.60. The molecule has 2 heterocycles. The highest BCUT2D eigenvalue weighted by molar-refractivity contribution is 5.77. The second-order valence-corrected chi connectivity index (χ2v) is 6.28. The van der Waals surface area contributed by atoms with Gasteiger partial charge in [0.2, 0.25) is 0 Å². The van der Waals surface area contributed by atoms with E-state index in [1.165, 1.54) is 4.57 Å². The van der Waals surface area contributed by atoms with E-state index in [9.17, 15) is 20.1 Å². The summed E-state index contributed by atoms with van der Waals surface area (Å²) in [4.78, 5) is 17.6. The van der Waals surface area contributed by atoms with E-state index >= 15 is 0 Å². The average Bonchev–Trinajstić information content (AvgIpc) is 2.91. The van der Waals surface area contributed by atoms with Crippen LogP contribution < -0.4 is 5.56 Å². The SMILES string of the molecule is O=c1c(-c2ccccc2)nc2ccccc2n1C[C@H]1O[C@@H](O)[C@H](O)[C@@H]1O. The Kier molecular flexibility index (Phi) is 4.29. The largest absolute Gasteiger partial charge is 0.387 e. The number of ether oxygens (including phenoxy) is 1. The summed E-state index contributed by atoms with van der Waals surface area (Å²) in [7, 11) is 0. The smallest absolute Gasteiger partial charge is 0.277 e. The Hall–Kier alpha value is -2.58. The van der Waals surface area contributed by atoms with Crippen molar-refractivity contribution in [2.24, 2.45) is 0 Å². The van der Waals surface area contributed by atoms with Gasteiger partial charge in [0, 0.05) is 5.56 Å². The fourth-order valence-electron chi connectivity index (χ4n) is 3.22. The van der Waals surface area contributed by atoms with E-state index in [1.54, 1.807) is 30.3 Å². The Morgan fingerprint density at radius 3 is 2.35 bits per heavy atom. The number of aliphatic hydroxyl groups excluding tert-OH is 3. The van der Waals surface area contributed by atoms with Gasteiger partial charge in [0.25, 0.3) is 5.56 Å². The Morgan fingerprint density at radius 1 is 0.962 bits per heavy atom. The van der Waals surface area contributed by atoms with Crippen LogP contribution in [-0.2, 0) is 11.3 Å². The van der Waals surface area contributed by atoms with E-state index in [1.807, 2.05) is 24.3 Å². The summed E-state index contributed by atoms with van der Waals surface area (Å²) in [5.74, 6) is 0. The Morgan fingerprint density at radius 2 is 1.65 bits per heavy atom. The van der Waals surface area contributed by atoms with E-state index in [2.05, 4.69) is 4.98 Å². The van der Waals surface area contributed by atoms with Gasteiger partial charge in [-0.25, -0.2) is 4.98 Å². The Balaban J connectivity index is 1.85. The molecule has 3 N–H and O–H groups in total. The normalized spacial score (nSPS) is 25.7. The standard InChI is InChI=1S/C19H18N2O5/c22-16-14(26-19(25)17(16)23)10-21-13-9-5-4-8-12(13)20-15(18(21)24)11-6-2-1-3-7-11/h1-9,14,16-17,19,22-23,25H,10H2/t14-,16-,17-,19-/m1/s1. The molecule has 1 aromatic heterocycles. The van der Waals surface area contributed by atoms with Crippen molar-refractivity contribution in [3.05, 3.63) is 65.0 Å². The number of rotatable bonds is 3. The predicted octanol–water partition coefficient (Wildman–Crippen LogP) is 0.502. The van der Waals surface area contributed by atoms with Gasteiger partial charge < -0.3 is 24.6 Å². The van der Waals surface area contributed by atoms with Crippen LogP contribution in [0.2, 0.25) is 0 Å². The van der Waals surface area contributed by atoms with E-state index in [0.717, 1.165) is 0 Å². The zero-order valence-corrected chi connectivity index (χ0v) is 13.8. The lowest BCUT2D eigenvalue weighted by Gasteiger charge is -2.18. The van der Waals surface area contributed by atoms with Crippen LogP contribution in [0.25, 0.3) is 22.3 Å². The van der Waals surface area contributed by atoms with Crippen molar-refractivity contribution in [1.82, 2.24) is 9.55 Å². The minimum atomic E-state index is -1.48. The molecule has 7 nitrogen and oxygen atoms in total. The number of aromatic nitrogens is 2. The fourth-order valence-corrected chi connectivity index (χ4v) is 3.22. The van der Waals surface area contributed by atoms with Crippen LogP contribution >= 0.6 is 0 Å². The molecule has 0 bridgehead atoms. The van der Waals surface area contributed by atoms with E-state index in [0.29, 0.717) is 16.6 Å². The second kappa shape index (κ2) is 6.62. The van der Waals surface area contributed by atoms with Crippen LogP contribution in [0, 0.1) is 0 Å². The minimum absolute atomic E-state index is 0.0169. The molecule has 0 amide bonds. The zero-order chi connectivity index (χ0) is 18.3. The number of para-hydroxylation sites is 2. The fraction of sp³-hybridized carbons (Fsp3) is 0.263. The molecule has 1 saturated heterocycles. The van der Waals surface area contributed by atoms with Crippen LogP contribution in [0.3, 0.4) is 0 Å². The summed E-state index contributed by atoms with van der Waals surface area (Å²) < 4.78 is 6.68. The monoisotopic (exact) mass is 354 g/mol. The van der Waals surface area contributed by atoms with Crippen LogP contribution in [-0.4, -0.2) is 49.5 Å². The zero-order valence-electron chi connectivity index (χ0n) is 13.8. The molecule has 7 heteroatoms. The van der Waals surface area contributed by atoms with Gasteiger partial charge in [0.15, 0.2) is 6.29 Å². The molecule has 0 saturated carbocycles. The molecule has 0 radical (unpaired) electrons. The summed E-state index contributed by atoms with van der Waals surface area (Å²) in [6.45, 7) is -0.0169. The van der Waals surface area contributed by atoms with E-state index in [-0.39, 0.29) is 17.8 Å². The minimum Gasteiger partial charge on any atom is -0.387 e. The van der Waals surface area contributed by atoms with Crippen molar-refractivity contribution in [3.8, 4) is 11.3 Å². The molecule has 4 rings (SSSR count). The van der Waals surface area contributed by atoms with Crippen molar-refractivity contribution in [2.75, 3.05) is 0 Å². The maximum Gasteiger partial charge on any atom is 0.277 e. The topological polar surface area (TPSA) is 105 Å². The highest BCUT2D eigenvalue weighted by atomic mass is 16.6. The summed E-state index contributed by atoms with van der Waals surface area (Å²) >= 11 is 0. The first-order valence-electron chi connectivity index (χ1n) is 8.31. The number of nitrogens with zero attached hydrogens (tertiary/aromatic N) is 2. The van der Waals surface area contributed by atoms with Gasteiger partial charge >= 0.3 is 0 Å². The van der Waals surface area contributed by atoms with Gasteiger partial charge in [-0.2, -0.15) is 0 Å². The van der Waals surface area contributed by atoms with Crippen molar-refractivity contribution in [2.45, 2.75) is 31.1 Å². The Labute approximate surface area is 148 Å². The maximum absolute atomic E-state index is 13.1. The molecule has 0 spiro atoms. The molecule has 1 aliphatic heterocycles. The third kappa shape index (κ3) is 2.81. The van der Waals surface area contributed by atoms with Gasteiger partial charge in [-0.05, 0) is 12.1 Å². The Bertz CT molecular complexity index is 988. The molecule has 0 unspecified atom stereocenters. The lowest BCUT2D eigenvalue weighted by Crippen LogP contribution is -2.37. The molecule has 1 aliphatic rings. The number of aliphatic hydroxyl groups is 3. The molecule has 134 valence electrons. The van der Waals surface area contributed by atoms with Gasteiger partial charge in [0.05, 0.1) is 17.6 Å². The first-order valence-corrected chi connectivity index (χ1v) is 8.31. The lowest BCUT2D eigenvalue weighted by atomic mass is 10.1. The average molecular weight is 354 g/mol. The molecule has 0 aliphatic carbocycles. The second-order valence-electron chi connectivity index (χ2n) is 6.28. The van der Waals surface area contributed by atoms with Gasteiger partial charge in [0.1, 0.15) is 24.0 Å². The highest BCUT2D eigenvalue weighted by Crippen LogP contribution is 2.23. The third-order valence-electron chi connectivity index (χ3n) is 4.60. The van der Waals surface area contributed by atoms with E-state index in [4.69, 9.17) is 4.74 Å². The van der Waals surface area contributed by atoms with Crippen molar-refractivity contribution in [3.63, 3.8) is 0 Å². The summed E-state index contributed by atoms with van der Waals surface area (Å²) in [6.07, 6.45) is -5.08.